The van der Waals surface area contributed by atoms with Crippen LogP contribution in [0.4, 0.5) is 29.7 Å². The molecule has 0 saturated carbocycles. The molecule has 0 bridgehead atoms. The molecule has 23 nitrogen and oxygen atoms in total. The van der Waals surface area contributed by atoms with Crippen molar-refractivity contribution in [2.24, 2.45) is 9.98 Å². The second-order valence-electron chi connectivity index (χ2n) is 25.7. The first-order chi connectivity index (χ1) is 47.3. The summed E-state index contributed by atoms with van der Waals surface area (Å²) < 4.78 is 49.3. The largest absolute Gasteiger partial charge is 0.468 e. The second kappa shape index (κ2) is 30.2. The number of aryl methyl sites for hydroxylation is 2. The Kier molecular flexibility index (Phi) is 21.8. The first kappa shape index (κ1) is 71.3. The van der Waals surface area contributed by atoms with Crippen LogP contribution in [0.3, 0.4) is 0 Å². The van der Waals surface area contributed by atoms with Gasteiger partial charge in [0.2, 0.25) is 0 Å². The summed E-state index contributed by atoms with van der Waals surface area (Å²) in [7, 11) is 3.86. The summed E-state index contributed by atoms with van der Waals surface area (Å²) >= 11 is 15.7. The van der Waals surface area contributed by atoms with Crippen LogP contribution in [0.5, 0.6) is 0 Å². The zero-order valence-corrected chi connectivity index (χ0v) is 58.8. The Morgan fingerprint density at radius 1 is 0.657 bits per heavy atom. The molecule has 5 atom stereocenters. The highest BCUT2D eigenvalue weighted by Gasteiger charge is 2.52. The molecule has 0 radical (unpaired) electrons. The van der Waals surface area contributed by atoms with Crippen LogP contribution in [-0.2, 0) is 55.8 Å². The summed E-state index contributed by atoms with van der Waals surface area (Å²) in [5.41, 5.74) is 4.60. The Bertz CT molecular complexity index is 4210. The molecule has 0 aliphatic carbocycles. The number of ketones is 1. The number of fused-ring (bicyclic) bond motifs is 2. The predicted octanol–water partition coefficient (Wildman–Crippen LogP) is 9.89. The minimum Gasteiger partial charge on any atom is -0.468 e. The van der Waals surface area contributed by atoms with Gasteiger partial charge in [0, 0.05) is 126 Å². The smallest absolute Gasteiger partial charge is 0.338 e. The fourth-order valence-electron chi connectivity index (χ4n) is 13.1. The molecular weight excluding hydrogens is 1360 g/mol. The van der Waals surface area contributed by atoms with Gasteiger partial charge in [-0.15, -0.1) is 22.7 Å². The van der Waals surface area contributed by atoms with E-state index in [4.69, 9.17) is 52.1 Å². The van der Waals surface area contributed by atoms with Gasteiger partial charge in [-0.25, -0.2) is 37.9 Å². The number of hydrogen-bond donors (Lipinski definition) is 2. The number of esters is 4. The van der Waals surface area contributed by atoms with Crippen LogP contribution in [0.1, 0.15) is 91.8 Å². The summed E-state index contributed by atoms with van der Waals surface area (Å²) in [6.07, 6.45) is 5.16. The number of rotatable bonds is 19. The number of thiazole rings is 2. The van der Waals surface area contributed by atoms with Crippen molar-refractivity contribution in [1.29, 1.82) is 0 Å². The summed E-state index contributed by atoms with van der Waals surface area (Å²) in [5, 5.41) is 11.6. The zero-order valence-electron chi connectivity index (χ0n) is 55.7. The Hall–Kier alpha value is -8.99. The van der Waals surface area contributed by atoms with Crippen molar-refractivity contribution < 1.29 is 61.3 Å². The van der Waals surface area contributed by atoms with Crippen molar-refractivity contribution >= 4 is 111 Å². The lowest BCUT2D eigenvalue weighted by Crippen LogP contribution is -2.62. The normalized spacial score (nSPS) is 21.0. The van der Waals surface area contributed by atoms with Crippen molar-refractivity contribution in [3.05, 3.63) is 185 Å². The minimum atomic E-state index is -0.976. The predicted molar refractivity (Wildman–Crippen MR) is 371 cm³/mol. The van der Waals surface area contributed by atoms with Gasteiger partial charge in [-0.1, -0.05) is 59.6 Å². The lowest BCUT2D eigenvalue weighted by atomic mass is 9.94. The van der Waals surface area contributed by atoms with E-state index in [1.165, 1.54) is 74.3 Å². The number of anilines is 2. The molecule has 4 aromatic carbocycles. The van der Waals surface area contributed by atoms with Crippen LogP contribution in [0.2, 0.25) is 10.0 Å². The minimum absolute atomic E-state index is 0.0489. The number of methoxy groups -OCH3 is 3. The lowest BCUT2D eigenvalue weighted by molar-refractivity contribution is -0.155. The third-order valence-electron chi connectivity index (χ3n) is 17.8. The molecule has 12 rings (SSSR count). The Balaban J connectivity index is 0.000000200. The number of carbonyl (C=O) groups is 7. The van der Waals surface area contributed by atoms with Crippen molar-refractivity contribution in [3.63, 3.8) is 0 Å². The van der Waals surface area contributed by atoms with E-state index < -0.39 is 64.8 Å². The molecule has 99 heavy (non-hydrogen) atoms. The van der Waals surface area contributed by atoms with E-state index in [9.17, 15) is 42.3 Å². The molecule has 6 aromatic rings. The van der Waals surface area contributed by atoms with Crippen LogP contribution < -0.4 is 20.4 Å². The highest BCUT2D eigenvalue weighted by Crippen LogP contribution is 2.41. The van der Waals surface area contributed by atoms with Crippen molar-refractivity contribution in [2.75, 3.05) is 90.0 Å². The van der Waals surface area contributed by atoms with Gasteiger partial charge in [-0.05, 0) is 107 Å². The molecule has 8 heterocycles. The van der Waals surface area contributed by atoms with Crippen LogP contribution in [-0.4, -0.2) is 186 Å². The molecule has 520 valence electrons. The quantitative estimate of drug-likeness (QED) is 0.0565. The molecule has 2 aromatic heterocycles. The number of amides is 4. The average Bonchev–Trinajstić information content (AvgIpc) is 1.72. The van der Waals surface area contributed by atoms with Crippen LogP contribution in [0, 0.1) is 11.6 Å². The number of carbonyl (C=O) groups excluding carboxylic acids is 7. The molecule has 0 spiro atoms. The van der Waals surface area contributed by atoms with E-state index in [1.54, 1.807) is 39.4 Å². The zero-order chi connectivity index (χ0) is 70.6. The first-order valence-electron chi connectivity index (χ1n) is 32.0. The second-order valence-corrected chi connectivity index (χ2v) is 28.3. The van der Waals surface area contributed by atoms with E-state index >= 15 is 0 Å². The van der Waals surface area contributed by atoms with Crippen LogP contribution in [0.15, 0.2) is 141 Å². The number of amidine groups is 2. The van der Waals surface area contributed by atoms with Gasteiger partial charge in [0.05, 0.1) is 57.1 Å². The SMILES string of the molecule is COC(=O)C1=C(CN2CCN3C(=O)N(c4ccc(CCC(=O)OC(C)(C)C)cc4)C[C@]3(C)C2)NC(c2nccs2)=N[C@H]1c1ccc(F)cc1Cl.COC(=O)C1=C(CN2CCN3C(=O)N(c4ccc(CCC(C)=O)cc4)C[C@@H]3[C@H]2C(=O)OC)NC(c2nccs2)=N[C@H]1c1ccc(F)cc1Cl. The highest BCUT2D eigenvalue weighted by molar-refractivity contribution is 7.12. The lowest BCUT2D eigenvalue weighted by Gasteiger charge is -2.44. The van der Waals surface area contributed by atoms with E-state index in [0.717, 1.165) is 22.9 Å². The highest BCUT2D eigenvalue weighted by atomic mass is 35.5. The number of ether oxygens (including phenoxy) is 4. The number of Topliss-reactive ketones (excluding diaryl/α,β-unsaturated/α-hetero) is 1. The van der Waals surface area contributed by atoms with E-state index in [2.05, 4.69) is 32.4 Å². The summed E-state index contributed by atoms with van der Waals surface area (Å²) in [4.78, 5) is 121. The molecule has 6 aliphatic heterocycles. The summed E-state index contributed by atoms with van der Waals surface area (Å²) in [6, 6.07) is 19.5. The Morgan fingerprint density at radius 2 is 1.18 bits per heavy atom. The summed E-state index contributed by atoms with van der Waals surface area (Å²) in [6.45, 7) is 12.4. The Morgan fingerprint density at radius 3 is 1.67 bits per heavy atom. The van der Waals surface area contributed by atoms with Gasteiger partial charge < -0.3 is 44.2 Å². The third kappa shape index (κ3) is 15.9. The van der Waals surface area contributed by atoms with Gasteiger partial charge in [-0.2, -0.15) is 0 Å². The molecule has 2 N–H and O–H groups in total. The molecular formula is C70H74Cl2F2N12O11S2. The fraction of sp³-hybridized carbons (Fsp3) is 0.386. The molecule has 4 saturated heterocycles. The van der Waals surface area contributed by atoms with Gasteiger partial charge in [0.1, 0.15) is 41.1 Å². The van der Waals surface area contributed by atoms with Gasteiger partial charge in [0.15, 0.2) is 21.7 Å². The number of halogens is 4. The number of nitrogens with zero attached hydrogens (tertiary/aromatic N) is 10. The maximum Gasteiger partial charge on any atom is 0.338 e. The average molecular weight is 1430 g/mol. The number of piperazine rings is 2. The van der Waals surface area contributed by atoms with Crippen molar-refractivity contribution in [3.8, 4) is 0 Å². The third-order valence-corrected chi connectivity index (χ3v) is 20.0. The molecule has 0 unspecified atom stereocenters. The maximum absolute atomic E-state index is 14.1. The van der Waals surface area contributed by atoms with Gasteiger partial charge in [-0.3, -0.25) is 39.2 Å². The standard InChI is InChI=1S/C36H40ClFN6O5S.C34H34ClFN6O6S/c1-35(2,3)49-28(45)13-8-22-6-10-24(11-7-22)43-21-36(4)20-42(15-16-44(36)34(43)47)19-27-29(33(46)48-5)30(25-12-9-23(38)18-26(25)37)41-31(40-27)32-39-14-17-50-32;1-19(43)4-5-20-6-9-22(10-7-20)42-18-26-29(33(45)48-3)40(13-14-41(26)34(42)46)17-25-27(32(44)47-2)28(23-11-8-21(36)16-24(23)35)39-30(38-25)31-37-12-15-49-31/h6-7,9-12,14,17-18,30H,8,13,15-16,19-21H2,1-5H3,(H,40,41);6-12,15-16,26,28-29H,4-5,13-14,17-18H2,1-3H3,(H,38,39)/t30-,36-;26-,28+,29+/m01/s1. The molecule has 4 fully saturated rings. The van der Waals surface area contributed by atoms with E-state index in [-0.39, 0.29) is 71.1 Å². The number of benzene rings is 4. The number of urea groups is 2. The molecule has 29 heteroatoms. The fourth-order valence-corrected chi connectivity index (χ4v) is 14.9. The van der Waals surface area contributed by atoms with Gasteiger partial charge >= 0.3 is 35.9 Å². The van der Waals surface area contributed by atoms with Crippen molar-refractivity contribution in [2.45, 2.75) is 95.6 Å². The van der Waals surface area contributed by atoms with Crippen LogP contribution in [0.25, 0.3) is 0 Å². The van der Waals surface area contributed by atoms with E-state index in [0.29, 0.717) is 108 Å². The van der Waals surface area contributed by atoms with Crippen LogP contribution >= 0.6 is 45.9 Å². The van der Waals surface area contributed by atoms with Crippen molar-refractivity contribution in [1.82, 2.24) is 40.2 Å². The Labute approximate surface area is 589 Å². The summed E-state index contributed by atoms with van der Waals surface area (Å²) in [5.74, 6) is -2.15. The number of hydrogen-bond acceptors (Lipinski definition) is 21. The monoisotopic (exact) mass is 1430 g/mol. The number of nitrogens with one attached hydrogen (secondary N) is 2. The van der Waals surface area contributed by atoms with E-state index in [1.807, 2.05) is 84.5 Å². The van der Waals surface area contributed by atoms with Gasteiger partial charge in [0.25, 0.3) is 0 Å². The number of aliphatic imine (C=N–C) groups is 2. The first-order valence-corrected chi connectivity index (χ1v) is 34.5. The number of aromatic nitrogens is 2. The molecule has 4 amide bonds. The maximum atomic E-state index is 14.1. The topological polar surface area (TPSA) is 250 Å². The molecule has 6 aliphatic rings.